The zero-order chi connectivity index (χ0) is 16.3. The lowest BCUT2D eigenvalue weighted by molar-refractivity contribution is 0.0602. The minimum Gasteiger partial charge on any atom is -0.465 e. The first-order valence-electron chi connectivity index (χ1n) is 7.26. The van der Waals surface area contributed by atoms with Crippen LogP contribution in [0.15, 0.2) is 10.3 Å². The molecule has 0 spiro atoms. The third-order valence-corrected chi connectivity index (χ3v) is 6.89. The highest BCUT2D eigenvalue weighted by Crippen LogP contribution is 2.28. The van der Waals surface area contributed by atoms with Crippen molar-refractivity contribution in [2.75, 3.05) is 20.2 Å². The van der Waals surface area contributed by atoms with Crippen LogP contribution in [-0.4, -0.2) is 40.6 Å². The van der Waals surface area contributed by atoms with Gasteiger partial charge in [-0.1, -0.05) is 0 Å². The Labute approximate surface area is 135 Å². The molecule has 1 aromatic rings. The highest BCUT2D eigenvalue weighted by Gasteiger charge is 2.31. The summed E-state index contributed by atoms with van der Waals surface area (Å²) in [6.07, 6.45) is 2.03. The number of methoxy groups -OCH3 is 1. The fourth-order valence-corrected chi connectivity index (χ4v) is 5.72. The van der Waals surface area contributed by atoms with Crippen molar-refractivity contribution in [2.24, 2.45) is 5.92 Å². The molecule has 1 aromatic heterocycles. The molecule has 0 radical (unpaired) electrons. The number of esters is 1. The van der Waals surface area contributed by atoms with E-state index < -0.39 is 16.0 Å². The predicted octanol–water partition coefficient (Wildman–Crippen LogP) is 1.51. The summed E-state index contributed by atoms with van der Waals surface area (Å²) in [5.74, 6) is -0.366. The highest BCUT2D eigenvalue weighted by molar-refractivity contribution is 7.89. The minimum atomic E-state index is -3.75. The molecule has 1 aliphatic rings. The summed E-state index contributed by atoms with van der Waals surface area (Å²) in [7, 11) is -2.50. The molecule has 22 heavy (non-hydrogen) atoms. The molecule has 0 aromatic carbocycles. The first kappa shape index (κ1) is 17.4. The molecule has 2 atom stereocenters. The highest BCUT2D eigenvalue weighted by atomic mass is 32.2. The van der Waals surface area contributed by atoms with Gasteiger partial charge < -0.3 is 10.1 Å². The molecule has 0 amide bonds. The molecule has 2 heterocycles. The maximum Gasteiger partial charge on any atom is 0.349 e. The molecule has 0 saturated carbocycles. The van der Waals surface area contributed by atoms with Crippen LogP contribution in [0.4, 0.5) is 0 Å². The number of carbonyl (C=O) groups excluding carboxylic acids is 1. The van der Waals surface area contributed by atoms with Gasteiger partial charge in [0.25, 0.3) is 0 Å². The monoisotopic (exact) mass is 346 g/mol. The van der Waals surface area contributed by atoms with Crippen molar-refractivity contribution in [3.8, 4) is 0 Å². The van der Waals surface area contributed by atoms with Crippen LogP contribution in [0.1, 0.15) is 35.0 Å². The second-order valence-corrected chi connectivity index (χ2v) is 8.12. The zero-order valence-electron chi connectivity index (χ0n) is 13.0. The summed E-state index contributed by atoms with van der Waals surface area (Å²) < 4.78 is 32.7. The Morgan fingerprint density at radius 3 is 2.86 bits per heavy atom. The number of hydrogen-bond donors (Lipinski definition) is 2. The van der Waals surface area contributed by atoms with E-state index in [4.69, 9.17) is 0 Å². The first-order chi connectivity index (χ1) is 10.4. The van der Waals surface area contributed by atoms with Crippen LogP contribution in [0, 0.1) is 12.8 Å². The van der Waals surface area contributed by atoms with Crippen molar-refractivity contribution in [1.82, 2.24) is 10.0 Å². The maximum atomic E-state index is 12.7. The van der Waals surface area contributed by atoms with E-state index in [1.807, 2.05) is 6.92 Å². The molecule has 1 fully saturated rings. The van der Waals surface area contributed by atoms with Crippen LogP contribution in [0.5, 0.6) is 0 Å². The number of nitrogens with one attached hydrogen (secondary N) is 2. The Hall–Kier alpha value is -0.960. The van der Waals surface area contributed by atoms with Crippen LogP contribution >= 0.6 is 11.3 Å². The summed E-state index contributed by atoms with van der Waals surface area (Å²) in [6, 6.07) is -0.192. The van der Waals surface area contributed by atoms with Crippen LogP contribution < -0.4 is 10.0 Å². The van der Waals surface area contributed by atoms with Gasteiger partial charge in [-0.05, 0) is 56.6 Å². The van der Waals surface area contributed by atoms with Crippen LogP contribution in [-0.2, 0) is 14.8 Å². The van der Waals surface area contributed by atoms with Gasteiger partial charge in [0.1, 0.15) is 9.77 Å². The minimum absolute atomic E-state index is 0.0416. The van der Waals surface area contributed by atoms with Crippen molar-refractivity contribution < 1.29 is 17.9 Å². The summed E-state index contributed by atoms with van der Waals surface area (Å²) in [5, 5.41) is 4.94. The van der Waals surface area contributed by atoms with E-state index in [0.29, 0.717) is 5.56 Å². The molecule has 8 heteroatoms. The number of sulfonamides is 1. The molecule has 2 N–H and O–H groups in total. The summed E-state index contributed by atoms with van der Waals surface area (Å²) in [6.45, 7) is 5.33. The largest absolute Gasteiger partial charge is 0.465 e. The molecule has 1 saturated heterocycles. The average molecular weight is 346 g/mol. The average Bonchev–Trinajstić information content (AvgIpc) is 2.89. The van der Waals surface area contributed by atoms with Crippen LogP contribution in [0.3, 0.4) is 0 Å². The van der Waals surface area contributed by atoms with E-state index in [0.717, 1.165) is 37.3 Å². The van der Waals surface area contributed by atoms with Crippen molar-refractivity contribution in [1.29, 1.82) is 0 Å². The number of aryl methyl sites for hydroxylation is 1. The lowest BCUT2D eigenvalue weighted by atomic mass is 9.94. The third kappa shape index (κ3) is 3.68. The number of piperidine rings is 1. The predicted molar refractivity (Wildman–Crippen MR) is 85.8 cm³/mol. The Morgan fingerprint density at radius 1 is 1.55 bits per heavy atom. The first-order valence-corrected chi connectivity index (χ1v) is 9.62. The number of hydrogen-bond acceptors (Lipinski definition) is 6. The molecule has 124 valence electrons. The fraction of sp³-hybridized carbons (Fsp3) is 0.643. The van der Waals surface area contributed by atoms with Gasteiger partial charge in [-0.2, -0.15) is 0 Å². The molecule has 1 aliphatic heterocycles. The standard InChI is InChI=1S/C14H22N2O4S2/c1-9-8-21-12(14(17)20-3)13(9)22(18,19)16-10(2)11-5-4-6-15-7-11/h8,10-11,15-16H,4-7H2,1-3H3/t10-,11-/m1/s1. The number of carbonyl (C=O) groups is 1. The summed E-state index contributed by atoms with van der Waals surface area (Å²) in [5.41, 5.74) is 0.562. The lowest BCUT2D eigenvalue weighted by Gasteiger charge is -2.28. The second kappa shape index (κ2) is 7.08. The van der Waals surface area contributed by atoms with E-state index in [2.05, 4.69) is 14.8 Å². The van der Waals surface area contributed by atoms with Gasteiger partial charge in [0.05, 0.1) is 7.11 Å². The van der Waals surface area contributed by atoms with E-state index in [-0.39, 0.29) is 21.7 Å². The molecule has 0 unspecified atom stereocenters. The van der Waals surface area contributed by atoms with Gasteiger partial charge in [0, 0.05) is 6.04 Å². The zero-order valence-corrected chi connectivity index (χ0v) is 14.6. The Balaban J connectivity index is 2.23. The van der Waals surface area contributed by atoms with Gasteiger partial charge in [0.15, 0.2) is 0 Å². The molecular weight excluding hydrogens is 324 g/mol. The molecule has 2 rings (SSSR count). The Kier molecular flexibility index (Phi) is 5.60. The van der Waals surface area contributed by atoms with E-state index in [9.17, 15) is 13.2 Å². The lowest BCUT2D eigenvalue weighted by Crippen LogP contribution is -2.44. The molecule has 0 bridgehead atoms. The number of ether oxygens (including phenoxy) is 1. The number of rotatable bonds is 5. The van der Waals surface area contributed by atoms with Gasteiger partial charge in [0.2, 0.25) is 10.0 Å². The second-order valence-electron chi connectivity index (χ2n) is 5.58. The molecule has 6 nitrogen and oxygen atoms in total. The fourth-order valence-electron chi connectivity index (χ4n) is 2.71. The third-order valence-electron chi connectivity index (χ3n) is 3.94. The normalized spacial score (nSPS) is 20.6. The quantitative estimate of drug-likeness (QED) is 0.790. The smallest absolute Gasteiger partial charge is 0.349 e. The van der Waals surface area contributed by atoms with E-state index in [1.165, 1.54) is 7.11 Å². The van der Waals surface area contributed by atoms with Gasteiger partial charge in [-0.15, -0.1) is 11.3 Å². The van der Waals surface area contributed by atoms with Crippen molar-refractivity contribution in [2.45, 2.75) is 37.6 Å². The van der Waals surface area contributed by atoms with E-state index >= 15 is 0 Å². The van der Waals surface area contributed by atoms with Crippen molar-refractivity contribution >= 4 is 27.3 Å². The topological polar surface area (TPSA) is 84.5 Å². The summed E-state index contributed by atoms with van der Waals surface area (Å²) in [4.78, 5) is 11.9. The SMILES string of the molecule is COC(=O)c1scc(C)c1S(=O)(=O)N[C@H](C)[C@@H]1CCCNC1. The van der Waals surface area contributed by atoms with Gasteiger partial charge >= 0.3 is 5.97 Å². The molecule has 0 aliphatic carbocycles. The number of thiophene rings is 1. The Bertz CT molecular complexity index is 633. The maximum absolute atomic E-state index is 12.7. The van der Waals surface area contributed by atoms with E-state index in [1.54, 1.807) is 12.3 Å². The summed E-state index contributed by atoms with van der Waals surface area (Å²) >= 11 is 1.09. The van der Waals surface area contributed by atoms with Crippen LogP contribution in [0.25, 0.3) is 0 Å². The Morgan fingerprint density at radius 2 is 2.27 bits per heavy atom. The molecular formula is C14H22N2O4S2. The van der Waals surface area contributed by atoms with Crippen molar-refractivity contribution in [3.63, 3.8) is 0 Å². The van der Waals surface area contributed by atoms with Gasteiger partial charge in [-0.3, -0.25) is 0 Å². The van der Waals surface area contributed by atoms with Crippen molar-refractivity contribution in [3.05, 3.63) is 15.8 Å². The van der Waals surface area contributed by atoms with Gasteiger partial charge in [-0.25, -0.2) is 17.9 Å². The van der Waals surface area contributed by atoms with Crippen LogP contribution in [0.2, 0.25) is 0 Å².